The number of nitrogens with zero attached hydrogens (tertiary/aromatic N) is 8. The summed E-state index contributed by atoms with van der Waals surface area (Å²) < 4.78 is 15.5. The Balaban J connectivity index is 1.38. The van der Waals surface area contributed by atoms with E-state index in [1.54, 1.807) is 24.0 Å². The van der Waals surface area contributed by atoms with Gasteiger partial charge in [-0.15, -0.1) is 21.2 Å². The number of hydrogen-bond acceptors (Lipinski definition) is 8. The molecule has 0 radical (unpaired) electrons. The molecule has 0 saturated heterocycles. The Hall–Kier alpha value is -3.77. The standard InChI is InChI=1S/C21H15ClFN9OS/c1-21(15-9-24-10-34-15)6-12(13-8-25-17-5-16(23)30-31(17)18(13)21)20(33)29-11-4-14(22)19(26-7-11)32-27-2-3-28-32/h2-5,7-10,12H,6H2,1H3,(H,29,33)/t12-,21-/m0/s1. The van der Waals surface area contributed by atoms with Crippen molar-refractivity contribution >= 4 is 40.2 Å². The molecular formula is C21H15ClFN9OS. The van der Waals surface area contributed by atoms with Gasteiger partial charge in [-0.2, -0.15) is 14.6 Å². The number of fused-ring (bicyclic) bond motifs is 3. The van der Waals surface area contributed by atoms with E-state index in [0.717, 1.165) is 10.6 Å². The molecule has 0 aliphatic heterocycles. The summed E-state index contributed by atoms with van der Waals surface area (Å²) in [5.41, 5.74) is 3.34. The van der Waals surface area contributed by atoms with E-state index in [1.807, 2.05) is 6.92 Å². The van der Waals surface area contributed by atoms with E-state index in [-0.39, 0.29) is 10.9 Å². The van der Waals surface area contributed by atoms with Gasteiger partial charge in [-0.1, -0.05) is 11.6 Å². The van der Waals surface area contributed by atoms with E-state index < -0.39 is 17.3 Å². The molecule has 0 spiro atoms. The van der Waals surface area contributed by atoms with Crippen molar-refractivity contribution in [3.05, 3.63) is 75.7 Å². The lowest BCUT2D eigenvalue weighted by atomic mass is 9.85. The monoisotopic (exact) mass is 495 g/mol. The van der Waals surface area contributed by atoms with Crippen LogP contribution in [0.2, 0.25) is 5.02 Å². The maximum atomic E-state index is 14.0. The molecule has 10 nitrogen and oxygen atoms in total. The van der Waals surface area contributed by atoms with Gasteiger partial charge < -0.3 is 5.32 Å². The predicted molar refractivity (Wildman–Crippen MR) is 122 cm³/mol. The lowest BCUT2D eigenvalue weighted by Gasteiger charge is -2.24. The van der Waals surface area contributed by atoms with Crippen molar-refractivity contribution in [1.82, 2.24) is 39.6 Å². The van der Waals surface area contributed by atoms with Crippen molar-refractivity contribution in [2.45, 2.75) is 24.7 Å². The molecule has 1 aliphatic rings. The minimum absolute atomic E-state index is 0.258. The Morgan fingerprint density at radius 1 is 1.24 bits per heavy atom. The molecule has 1 amide bonds. The molecule has 6 rings (SSSR count). The highest BCUT2D eigenvalue weighted by atomic mass is 35.5. The number of hydrogen-bond donors (Lipinski definition) is 1. The molecular weight excluding hydrogens is 481 g/mol. The van der Waals surface area contributed by atoms with Crippen LogP contribution in [0.25, 0.3) is 11.5 Å². The van der Waals surface area contributed by atoms with Crippen molar-refractivity contribution in [2.24, 2.45) is 0 Å². The number of carbonyl (C=O) groups excluding carboxylic acids is 1. The average molecular weight is 496 g/mol. The second-order valence-corrected chi connectivity index (χ2v) is 9.38. The molecule has 2 atom stereocenters. The van der Waals surface area contributed by atoms with Gasteiger partial charge >= 0.3 is 0 Å². The topological polar surface area (TPSA) is 116 Å². The molecule has 13 heteroatoms. The van der Waals surface area contributed by atoms with Crippen LogP contribution in [0.4, 0.5) is 10.1 Å². The largest absolute Gasteiger partial charge is 0.324 e. The fourth-order valence-corrected chi connectivity index (χ4v) is 5.52. The highest BCUT2D eigenvalue weighted by Gasteiger charge is 2.48. The summed E-state index contributed by atoms with van der Waals surface area (Å²) >= 11 is 7.83. The van der Waals surface area contributed by atoms with Crippen LogP contribution in [0.3, 0.4) is 0 Å². The molecule has 1 aliphatic carbocycles. The molecule has 0 unspecified atom stereocenters. The van der Waals surface area contributed by atoms with Crippen LogP contribution in [0.5, 0.6) is 0 Å². The van der Waals surface area contributed by atoms with Crippen molar-refractivity contribution < 1.29 is 9.18 Å². The third kappa shape index (κ3) is 3.17. The number of pyridine rings is 1. The number of rotatable bonds is 4. The summed E-state index contributed by atoms with van der Waals surface area (Å²) in [6, 6.07) is 2.86. The van der Waals surface area contributed by atoms with Crippen LogP contribution in [0, 0.1) is 5.95 Å². The zero-order chi connectivity index (χ0) is 23.4. The quantitative estimate of drug-likeness (QED) is 0.406. The zero-order valence-electron chi connectivity index (χ0n) is 17.6. The number of anilines is 1. The summed E-state index contributed by atoms with van der Waals surface area (Å²) in [5, 5.41) is 15.2. The van der Waals surface area contributed by atoms with Crippen LogP contribution in [-0.4, -0.2) is 45.5 Å². The van der Waals surface area contributed by atoms with E-state index in [0.29, 0.717) is 29.1 Å². The SMILES string of the molecule is C[C@@]1(c2cncs2)C[C@H](C(=O)Nc2cnc(-n3nccn3)c(Cl)c2)c2cnc3cc(F)nn3c21. The molecule has 0 bridgehead atoms. The Bertz CT molecular complexity index is 1540. The third-order valence-electron chi connectivity index (χ3n) is 5.98. The number of aromatic nitrogens is 8. The Kier molecular flexibility index (Phi) is 4.67. The number of carbonyl (C=O) groups is 1. The Morgan fingerprint density at radius 2 is 2.06 bits per heavy atom. The maximum Gasteiger partial charge on any atom is 0.235 e. The zero-order valence-corrected chi connectivity index (χ0v) is 19.1. The van der Waals surface area contributed by atoms with E-state index in [9.17, 15) is 9.18 Å². The van der Waals surface area contributed by atoms with Crippen LogP contribution >= 0.6 is 22.9 Å². The van der Waals surface area contributed by atoms with E-state index in [2.05, 4.69) is 35.6 Å². The minimum Gasteiger partial charge on any atom is -0.324 e. The molecule has 0 aromatic carbocycles. The number of amides is 1. The first-order valence-corrected chi connectivity index (χ1v) is 11.5. The van der Waals surface area contributed by atoms with Gasteiger partial charge in [0.1, 0.15) is 0 Å². The third-order valence-corrected chi connectivity index (χ3v) is 7.30. The summed E-state index contributed by atoms with van der Waals surface area (Å²) in [7, 11) is 0. The molecule has 5 aromatic rings. The second-order valence-electron chi connectivity index (χ2n) is 8.09. The normalized spacial score (nSPS) is 19.4. The Morgan fingerprint density at radius 3 is 2.79 bits per heavy atom. The lowest BCUT2D eigenvalue weighted by Crippen LogP contribution is -2.24. The first kappa shape index (κ1) is 20.8. The molecule has 34 heavy (non-hydrogen) atoms. The van der Waals surface area contributed by atoms with Gasteiger partial charge in [0.05, 0.1) is 46.4 Å². The molecule has 5 aromatic heterocycles. The minimum atomic E-state index is -0.632. The molecule has 0 saturated carbocycles. The summed E-state index contributed by atoms with van der Waals surface area (Å²) in [6.07, 6.45) is 8.36. The fourth-order valence-electron chi connectivity index (χ4n) is 4.48. The number of thiazole rings is 1. The van der Waals surface area contributed by atoms with Gasteiger partial charge in [0, 0.05) is 34.3 Å². The van der Waals surface area contributed by atoms with Crippen LogP contribution < -0.4 is 5.32 Å². The second kappa shape index (κ2) is 7.64. The van der Waals surface area contributed by atoms with Gasteiger partial charge in [-0.05, 0) is 19.4 Å². The van der Waals surface area contributed by atoms with Crippen LogP contribution in [0.1, 0.15) is 35.4 Å². The first-order chi connectivity index (χ1) is 16.4. The van der Waals surface area contributed by atoms with Crippen molar-refractivity contribution in [3.63, 3.8) is 0 Å². The van der Waals surface area contributed by atoms with Crippen LogP contribution in [-0.2, 0) is 10.2 Å². The van der Waals surface area contributed by atoms with Gasteiger partial charge in [0.2, 0.25) is 11.9 Å². The number of halogens is 2. The molecule has 5 heterocycles. The highest BCUT2D eigenvalue weighted by molar-refractivity contribution is 7.09. The van der Waals surface area contributed by atoms with Crippen LogP contribution in [0.15, 0.2) is 48.6 Å². The molecule has 170 valence electrons. The number of nitrogens with one attached hydrogen (secondary N) is 1. The van der Waals surface area contributed by atoms with E-state index >= 15 is 0 Å². The fraction of sp³-hybridized carbons (Fsp3) is 0.190. The van der Waals surface area contributed by atoms with E-state index in [1.165, 1.54) is 45.3 Å². The smallest absolute Gasteiger partial charge is 0.235 e. The predicted octanol–water partition coefficient (Wildman–Crippen LogP) is 3.39. The van der Waals surface area contributed by atoms with Gasteiger partial charge in [-0.25, -0.2) is 14.5 Å². The summed E-state index contributed by atoms with van der Waals surface area (Å²) in [4.78, 5) is 28.5. The maximum absolute atomic E-state index is 14.0. The lowest BCUT2D eigenvalue weighted by molar-refractivity contribution is -0.117. The first-order valence-electron chi connectivity index (χ1n) is 10.2. The van der Waals surface area contributed by atoms with E-state index in [4.69, 9.17) is 11.6 Å². The van der Waals surface area contributed by atoms with Crippen molar-refractivity contribution in [2.75, 3.05) is 5.32 Å². The van der Waals surface area contributed by atoms with Crippen molar-refractivity contribution in [3.8, 4) is 5.82 Å². The van der Waals surface area contributed by atoms with Gasteiger partial charge in [-0.3, -0.25) is 9.78 Å². The molecule has 1 N–H and O–H groups in total. The van der Waals surface area contributed by atoms with Crippen molar-refractivity contribution in [1.29, 1.82) is 0 Å². The molecule has 0 fully saturated rings. The summed E-state index contributed by atoms with van der Waals surface area (Å²) in [6.45, 7) is 2.01. The van der Waals surface area contributed by atoms with Gasteiger partial charge in [0.15, 0.2) is 11.5 Å². The van der Waals surface area contributed by atoms with Gasteiger partial charge in [0.25, 0.3) is 0 Å². The summed E-state index contributed by atoms with van der Waals surface area (Å²) in [5.74, 6) is -1.10. The Labute approximate surface area is 200 Å². The highest BCUT2D eigenvalue weighted by Crippen LogP contribution is 2.50. The average Bonchev–Trinajstić information content (AvgIpc) is 3.60.